The fraction of sp³-hybridized carbons (Fsp3) is 0.333. The molecule has 0 aliphatic carbocycles. The normalized spacial score (nSPS) is 14.5. The van der Waals surface area contributed by atoms with Gasteiger partial charge in [0.1, 0.15) is 17.1 Å². The van der Waals surface area contributed by atoms with Crippen molar-refractivity contribution in [3.63, 3.8) is 0 Å². The Hall–Kier alpha value is -3.12. The summed E-state index contributed by atoms with van der Waals surface area (Å²) in [6.07, 6.45) is 9.62. The van der Waals surface area contributed by atoms with Crippen molar-refractivity contribution >= 4 is 5.71 Å². The van der Waals surface area contributed by atoms with E-state index in [1.165, 1.54) is 0 Å². The lowest BCUT2D eigenvalue weighted by Crippen LogP contribution is -2.17. The number of hydrogen-bond acceptors (Lipinski definition) is 5. The highest BCUT2D eigenvalue weighted by Gasteiger charge is 2.24. The molecule has 0 fully saturated rings. The molecule has 1 aliphatic heterocycles. The van der Waals surface area contributed by atoms with Crippen LogP contribution in [-0.4, -0.2) is 37.4 Å². The molecular formula is C24H27N5O. The van der Waals surface area contributed by atoms with E-state index in [0.717, 1.165) is 59.1 Å². The maximum Gasteiger partial charge on any atom is 0.115 e. The second-order valence-corrected chi connectivity index (χ2v) is 8.01. The van der Waals surface area contributed by atoms with Gasteiger partial charge in [0.05, 0.1) is 22.8 Å². The third-order valence-corrected chi connectivity index (χ3v) is 5.35. The molecule has 0 atom stereocenters. The van der Waals surface area contributed by atoms with Crippen LogP contribution in [0, 0.1) is 0 Å². The van der Waals surface area contributed by atoms with E-state index in [-0.39, 0.29) is 0 Å². The van der Waals surface area contributed by atoms with Gasteiger partial charge in [-0.25, -0.2) is 4.98 Å². The van der Waals surface area contributed by atoms with Gasteiger partial charge in [-0.2, -0.15) is 0 Å². The fourth-order valence-electron chi connectivity index (χ4n) is 3.87. The van der Waals surface area contributed by atoms with Gasteiger partial charge in [-0.05, 0) is 57.5 Å². The molecule has 3 aromatic rings. The number of aliphatic hydroxyl groups is 1. The molecule has 6 nitrogen and oxygen atoms in total. The van der Waals surface area contributed by atoms with E-state index in [1.54, 1.807) is 27.1 Å². The van der Waals surface area contributed by atoms with Crippen LogP contribution in [0.1, 0.15) is 44.4 Å². The molecule has 0 amide bonds. The van der Waals surface area contributed by atoms with Gasteiger partial charge in [-0.15, -0.1) is 0 Å². The molecule has 0 aromatic carbocycles. The molecule has 1 N–H and O–H groups in total. The highest BCUT2D eigenvalue weighted by atomic mass is 16.3. The molecular weight excluding hydrogens is 374 g/mol. The van der Waals surface area contributed by atoms with E-state index in [9.17, 15) is 5.11 Å². The third kappa shape index (κ3) is 3.71. The second kappa shape index (κ2) is 7.95. The van der Waals surface area contributed by atoms with Gasteiger partial charge in [0.15, 0.2) is 0 Å². The predicted molar refractivity (Wildman–Crippen MR) is 120 cm³/mol. The molecule has 1 aliphatic rings. The van der Waals surface area contributed by atoms with Crippen LogP contribution in [0.15, 0.2) is 53.8 Å². The smallest absolute Gasteiger partial charge is 0.115 e. The van der Waals surface area contributed by atoms with E-state index in [1.807, 2.05) is 43.5 Å². The first kappa shape index (κ1) is 20.2. The predicted octanol–water partition coefficient (Wildman–Crippen LogP) is 4.18. The number of aliphatic imine (C=N–C) groups is 1. The molecule has 154 valence electrons. The Morgan fingerprint density at radius 2 is 1.93 bits per heavy atom. The lowest BCUT2D eigenvalue weighted by molar-refractivity contribution is 0.0739. The molecule has 0 saturated carbocycles. The number of pyridine rings is 2. The number of imidazole rings is 1. The van der Waals surface area contributed by atoms with Crippen molar-refractivity contribution in [2.24, 2.45) is 4.99 Å². The Kier molecular flexibility index (Phi) is 5.35. The molecule has 0 bridgehead atoms. The summed E-state index contributed by atoms with van der Waals surface area (Å²) in [5.41, 5.74) is 5.29. The van der Waals surface area contributed by atoms with Crippen LogP contribution in [0.25, 0.3) is 22.5 Å². The van der Waals surface area contributed by atoms with E-state index in [2.05, 4.69) is 25.6 Å². The van der Waals surface area contributed by atoms with Crippen molar-refractivity contribution in [2.75, 3.05) is 7.05 Å². The van der Waals surface area contributed by atoms with Crippen LogP contribution in [0.3, 0.4) is 0 Å². The third-order valence-electron chi connectivity index (χ3n) is 5.35. The first-order valence-corrected chi connectivity index (χ1v) is 10.3. The molecule has 3 aromatic heterocycles. The number of aromatic nitrogens is 4. The summed E-state index contributed by atoms with van der Waals surface area (Å²) in [5.74, 6) is 1.11. The van der Waals surface area contributed by atoms with E-state index < -0.39 is 5.60 Å². The minimum absolute atomic E-state index is 0.617. The van der Waals surface area contributed by atoms with Gasteiger partial charge in [-0.3, -0.25) is 15.0 Å². The van der Waals surface area contributed by atoms with E-state index in [4.69, 9.17) is 4.98 Å². The monoisotopic (exact) mass is 401 g/mol. The molecule has 4 heterocycles. The van der Waals surface area contributed by atoms with Gasteiger partial charge >= 0.3 is 0 Å². The summed E-state index contributed by atoms with van der Waals surface area (Å²) >= 11 is 0. The Balaban J connectivity index is 1.85. The van der Waals surface area contributed by atoms with Gasteiger partial charge < -0.3 is 9.67 Å². The van der Waals surface area contributed by atoms with Gasteiger partial charge in [-0.1, -0.05) is 6.08 Å². The van der Waals surface area contributed by atoms with Crippen molar-refractivity contribution < 1.29 is 5.11 Å². The largest absolute Gasteiger partial charge is 0.384 e. The summed E-state index contributed by atoms with van der Waals surface area (Å²) in [6.45, 7) is 6.42. The van der Waals surface area contributed by atoms with Gasteiger partial charge in [0, 0.05) is 43.5 Å². The van der Waals surface area contributed by atoms with Crippen LogP contribution >= 0.6 is 0 Å². The summed E-state index contributed by atoms with van der Waals surface area (Å²) in [7, 11) is 1.80. The van der Waals surface area contributed by atoms with E-state index >= 15 is 0 Å². The van der Waals surface area contributed by atoms with Crippen molar-refractivity contribution in [1.29, 1.82) is 0 Å². The van der Waals surface area contributed by atoms with Crippen molar-refractivity contribution in [1.82, 2.24) is 19.5 Å². The van der Waals surface area contributed by atoms with Gasteiger partial charge in [0.2, 0.25) is 0 Å². The molecule has 4 rings (SSSR count). The Morgan fingerprint density at radius 3 is 2.67 bits per heavy atom. The highest BCUT2D eigenvalue weighted by molar-refractivity contribution is 6.11. The van der Waals surface area contributed by atoms with Crippen molar-refractivity contribution in [3.05, 3.63) is 66.0 Å². The van der Waals surface area contributed by atoms with Crippen LogP contribution in [0.2, 0.25) is 0 Å². The quantitative estimate of drug-likeness (QED) is 0.651. The van der Waals surface area contributed by atoms with E-state index in [0.29, 0.717) is 5.69 Å². The van der Waals surface area contributed by atoms with Gasteiger partial charge in [0.25, 0.3) is 0 Å². The average molecular weight is 402 g/mol. The molecule has 6 heteroatoms. The summed E-state index contributed by atoms with van der Waals surface area (Å²) in [6, 6.07) is 7.92. The SMILES string of the molecule is C/C=C\C(=N/C)c1nc2n(c1-c1ccnc(-c3ccnc(C(C)(C)O)c3)c1)CCC2. The topological polar surface area (TPSA) is 76.2 Å². The number of aryl methyl sites for hydroxylation is 1. The zero-order valence-electron chi connectivity index (χ0n) is 17.9. The van der Waals surface area contributed by atoms with Crippen LogP contribution in [0.4, 0.5) is 0 Å². The number of hydrogen-bond donors (Lipinski definition) is 1. The standard InChI is InChI=1S/C24H27N5O/c1-5-7-18(25-4)22-23(29-13-6-8-21(29)28-22)17-10-11-26-19(14-17)16-9-12-27-20(15-16)24(2,3)30/h5,7,9-12,14-15,30H,6,8,13H2,1-4H3/b7-5-,25-18+. The molecule has 0 spiro atoms. The Morgan fingerprint density at radius 1 is 1.17 bits per heavy atom. The minimum atomic E-state index is -1.01. The number of allylic oxidation sites excluding steroid dienone is 2. The van der Waals surface area contributed by atoms with Crippen LogP contribution < -0.4 is 0 Å². The summed E-state index contributed by atoms with van der Waals surface area (Å²) in [4.78, 5) is 18.3. The highest BCUT2D eigenvalue weighted by Crippen LogP contribution is 2.32. The van der Waals surface area contributed by atoms with Crippen molar-refractivity contribution in [2.45, 2.75) is 45.8 Å². The second-order valence-electron chi connectivity index (χ2n) is 8.01. The first-order valence-electron chi connectivity index (χ1n) is 10.3. The first-order chi connectivity index (χ1) is 14.4. The van der Waals surface area contributed by atoms with Crippen molar-refractivity contribution in [3.8, 4) is 22.5 Å². The Bertz CT molecular complexity index is 1130. The summed E-state index contributed by atoms with van der Waals surface area (Å²) in [5, 5.41) is 10.3. The number of rotatable bonds is 5. The maximum absolute atomic E-state index is 10.3. The zero-order valence-corrected chi connectivity index (χ0v) is 17.9. The van der Waals surface area contributed by atoms with Crippen LogP contribution in [0.5, 0.6) is 0 Å². The maximum atomic E-state index is 10.3. The zero-order chi connectivity index (χ0) is 21.3. The Labute approximate surface area is 177 Å². The summed E-state index contributed by atoms with van der Waals surface area (Å²) < 4.78 is 2.30. The minimum Gasteiger partial charge on any atom is -0.384 e. The fourth-order valence-corrected chi connectivity index (χ4v) is 3.87. The molecule has 0 saturated heterocycles. The molecule has 0 unspecified atom stereocenters. The lowest BCUT2D eigenvalue weighted by atomic mass is 10.0. The molecule has 30 heavy (non-hydrogen) atoms. The van der Waals surface area contributed by atoms with Crippen LogP contribution in [-0.2, 0) is 18.6 Å². The number of nitrogens with zero attached hydrogens (tertiary/aromatic N) is 5. The average Bonchev–Trinajstić information content (AvgIpc) is 3.33. The number of fused-ring (bicyclic) bond motifs is 1. The lowest BCUT2D eigenvalue weighted by Gasteiger charge is -2.17. The molecule has 0 radical (unpaired) electrons.